The quantitative estimate of drug-likeness (QED) is 0.581. The van der Waals surface area contributed by atoms with Gasteiger partial charge in [-0.1, -0.05) is 30.3 Å². The van der Waals surface area contributed by atoms with E-state index in [9.17, 15) is 14.4 Å². The molecule has 1 atom stereocenters. The van der Waals surface area contributed by atoms with E-state index in [1.165, 1.54) is 13.2 Å². The third kappa shape index (κ3) is 4.75. The summed E-state index contributed by atoms with van der Waals surface area (Å²) in [7, 11) is 1.53. The standard InChI is InChI=1S/C21H21NO6/c1-26-10-9-22-19(23)13-27-20(24)15-7-8-17-16(11-15)12-18(28-21(17)25)14-5-3-2-4-6-14/h2-8,11,18H,9-10,12-13H2,1H3,(H,22,23)/t18-/m1/s1. The molecule has 0 saturated heterocycles. The maximum Gasteiger partial charge on any atom is 0.339 e. The summed E-state index contributed by atoms with van der Waals surface area (Å²) in [5, 5.41) is 2.57. The van der Waals surface area contributed by atoms with Crippen molar-refractivity contribution in [1.82, 2.24) is 5.32 Å². The molecule has 28 heavy (non-hydrogen) atoms. The Labute approximate surface area is 162 Å². The maximum atomic E-state index is 12.3. The predicted molar refractivity (Wildman–Crippen MR) is 99.9 cm³/mol. The largest absolute Gasteiger partial charge is 0.454 e. The highest BCUT2D eigenvalue weighted by Crippen LogP contribution is 2.31. The Hall–Kier alpha value is -3.19. The molecule has 0 aliphatic carbocycles. The third-order valence-electron chi connectivity index (χ3n) is 4.35. The zero-order valence-electron chi connectivity index (χ0n) is 15.5. The Balaban J connectivity index is 1.66. The molecule has 1 amide bonds. The van der Waals surface area contributed by atoms with Crippen LogP contribution < -0.4 is 5.32 Å². The van der Waals surface area contributed by atoms with Crippen LogP contribution in [0.3, 0.4) is 0 Å². The minimum atomic E-state index is -0.625. The zero-order valence-corrected chi connectivity index (χ0v) is 15.5. The van der Waals surface area contributed by atoms with Gasteiger partial charge < -0.3 is 19.5 Å². The molecule has 0 spiro atoms. The van der Waals surface area contributed by atoms with Crippen molar-refractivity contribution in [3.63, 3.8) is 0 Å². The lowest BCUT2D eigenvalue weighted by atomic mass is 9.93. The van der Waals surface area contributed by atoms with E-state index in [0.29, 0.717) is 30.7 Å². The van der Waals surface area contributed by atoms with E-state index in [0.717, 1.165) is 5.56 Å². The van der Waals surface area contributed by atoms with Gasteiger partial charge in [-0.3, -0.25) is 4.79 Å². The van der Waals surface area contributed by atoms with Gasteiger partial charge in [0, 0.05) is 20.1 Å². The van der Waals surface area contributed by atoms with Crippen molar-refractivity contribution in [3.05, 3.63) is 70.8 Å². The summed E-state index contributed by atoms with van der Waals surface area (Å²) in [5.74, 6) is -1.46. The first kappa shape index (κ1) is 19.6. The summed E-state index contributed by atoms with van der Waals surface area (Å²) in [4.78, 5) is 36.2. The lowest BCUT2D eigenvalue weighted by molar-refractivity contribution is -0.124. The number of esters is 2. The first-order valence-corrected chi connectivity index (χ1v) is 8.90. The van der Waals surface area contributed by atoms with Gasteiger partial charge in [0.15, 0.2) is 6.61 Å². The monoisotopic (exact) mass is 383 g/mol. The van der Waals surface area contributed by atoms with Crippen LogP contribution in [0.5, 0.6) is 0 Å². The molecule has 2 aromatic rings. The number of nitrogens with one attached hydrogen (secondary N) is 1. The van der Waals surface area contributed by atoms with Gasteiger partial charge in [0.25, 0.3) is 5.91 Å². The van der Waals surface area contributed by atoms with E-state index in [-0.39, 0.29) is 12.2 Å². The number of carbonyl (C=O) groups is 3. The van der Waals surface area contributed by atoms with Crippen LogP contribution >= 0.6 is 0 Å². The van der Waals surface area contributed by atoms with E-state index in [2.05, 4.69) is 5.32 Å². The normalized spacial score (nSPS) is 15.3. The van der Waals surface area contributed by atoms with E-state index >= 15 is 0 Å². The lowest BCUT2D eigenvalue weighted by Crippen LogP contribution is -2.31. The van der Waals surface area contributed by atoms with E-state index in [1.807, 2.05) is 30.3 Å². The van der Waals surface area contributed by atoms with Gasteiger partial charge in [0.1, 0.15) is 6.10 Å². The summed E-state index contributed by atoms with van der Waals surface area (Å²) >= 11 is 0. The number of ether oxygens (including phenoxy) is 3. The molecule has 0 unspecified atom stereocenters. The molecule has 1 N–H and O–H groups in total. The van der Waals surface area contributed by atoms with Gasteiger partial charge in [-0.05, 0) is 29.3 Å². The summed E-state index contributed by atoms with van der Waals surface area (Å²) in [5.41, 5.74) is 2.32. The molecule has 0 aromatic heterocycles. The number of hydrogen-bond acceptors (Lipinski definition) is 6. The lowest BCUT2D eigenvalue weighted by Gasteiger charge is -2.25. The number of hydrogen-bond donors (Lipinski definition) is 1. The fraction of sp³-hybridized carbons (Fsp3) is 0.286. The van der Waals surface area contributed by atoms with Crippen LogP contribution in [0.25, 0.3) is 0 Å². The molecule has 1 aliphatic heterocycles. The first-order valence-electron chi connectivity index (χ1n) is 8.90. The van der Waals surface area contributed by atoms with E-state index in [1.54, 1.807) is 12.1 Å². The summed E-state index contributed by atoms with van der Waals surface area (Å²) in [6.07, 6.45) is 0.0583. The molecule has 3 rings (SSSR count). The number of fused-ring (bicyclic) bond motifs is 1. The number of amides is 1. The van der Waals surface area contributed by atoms with Gasteiger partial charge >= 0.3 is 11.9 Å². The second-order valence-electron chi connectivity index (χ2n) is 6.30. The molecule has 7 nitrogen and oxygen atoms in total. The minimum Gasteiger partial charge on any atom is -0.454 e. The van der Waals surface area contributed by atoms with E-state index < -0.39 is 23.9 Å². The van der Waals surface area contributed by atoms with Crippen molar-refractivity contribution in [3.8, 4) is 0 Å². The van der Waals surface area contributed by atoms with Gasteiger partial charge in [-0.2, -0.15) is 0 Å². The number of rotatable bonds is 7. The Bertz CT molecular complexity index is 864. The Morgan fingerprint density at radius 1 is 1.18 bits per heavy atom. The summed E-state index contributed by atoms with van der Waals surface area (Å²) in [6, 6.07) is 14.1. The van der Waals surface area contributed by atoms with Crippen molar-refractivity contribution in [1.29, 1.82) is 0 Å². The first-order chi connectivity index (χ1) is 13.6. The average molecular weight is 383 g/mol. The highest BCUT2D eigenvalue weighted by atomic mass is 16.5. The van der Waals surface area contributed by atoms with Crippen LogP contribution in [0.15, 0.2) is 48.5 Å². The van der Waals surface area contributed by atoms with Crippen molar-refractivity contribution < 1.29 is 28.6 Å². The van der Waals surface area contributed by atoms with Crippen molar-refractivity contribution in [2.45, 2.75) is 12.5 Å². The average Bonchev–Trinajstić information content (AvgIpc) is 2.72. The van der Waals surface area contributed by atoms with Crippen molar-refractivity contribution in [2.75, 3.05) is 26.9 Å². The van der Waals surface area contributed by atoms with Crippen molar-refractivity contribution >= 4 is 17.8 Å². The molecule has 0 radical (unpaired) electrons. The summed E-state index contributed by atoms with van der Waals surface area (Å²) in [6.45, 7) is 0.340. The highest BCUT2D eigenvalue weighted by Gasteiger charge is 2.28. The number of benzene rings is 2. The predicted octanol–water partition coefficient (Wildman–Crippen LogP) is 2.06. The van der Waals surface area contributed by atoms with Gasteiger partial charge in [0.05, 0.1) is 17.7 Å². The maximum absolute atomic E-state index is 12.3. The molecule has 1 aliphatic rings. The number of methoxy groups -OCH3 is 1. The second kappa shape index (κ2) is 9.14. The zero-order chi connectivity index (χ0) is 19.9. The highest BCUT2D eigenvalue weighted by molar-refractivity contribution is 5.96. The Kier molecular flexibility index (Phi) is 6.39. The van der Waals surface area contributed by atoms with Crippen LogP contribution in [0.2, 0.25) is 0 Å². The molecule has 0 bridgehead atoms. The van der Waals surface area contributed by atoms with Crippen LogP contribution in [0.1, 0.15) is 37.9 Å². The molecule has 146 valence electrons. The summed E-state index contributed by atoms with van der Waals surface area (Å²) < 4.78 is 15.4. The van der Waals surface area contributed by atoms with Crippen LogP contribution in [-0.4, -0.2) is 44.7 Å². The van der Waals surface area contributed by atoms with Crippen LogP contribution in [0, 0.1) is 0 Å². The molecular formula is C21H21NO6. The molecule has 0 saturated carbocycles. The number of carbonyl (C=O) groups excluding carboxylic acids is 3. The number of cyclic esters (lactones) is 1. The fourth-order valence-corrected chi connectivity index (χ4v) is 2.93. The smallest absolute Gasteiger partial charge is 0.339 e. The Morgan fingerprint density at radius 2 is 1.96 bits per heavy atom. The molecule has 1 heterocycles. The van der Waals surface area contributed by atoms with Crippen LogP contribution in [-0.2, 0) is 25.4 Å². The molecule has 0 fully saturated rings. The minimum absolute atomic E-state index is 0.282. The van der Waals surface area contributed by atoms with Crippen LogP contribution in [0.4, 0.5) is 0 Å². The topological polar surface area (TPSA) is 90.9 Å². The SMILES string of the molecule is COCCNC(=O)COC(=O)c1ccc2c(c1)C[C@H](c1ccccc1)OC2=O. The molecule has 7 heteroatoms. The van der Waals surface area contributed by atoms with Gasteiger partial charge in [0.2, 0.25) is 0 Å². The molecular weight excluding hydrogens is 362 g/mol. The fourth-order valence-electron chi connectivity index (χ4n) is 2.93. The molecule has 2 aromatic carbocycles. The van der Waals surface area contributed by atoms with E-state index in [4.69, 9.17) is 14.2 Å². The third-order valence-corrected chi connectivity index (χ3v) is 4.35. The van der Waals surface area contributed by atoms with Crippen molar-refractivity contribution in [2.24, 2.45) is 0 Å². The second-order valence-corrected chi connectivity index (χ2v) is 6.30. The van der Waals surface area contributed by atoms with Gasteiger partial charge in [-0.15, -0.1) is 0 Å². The Morgan fingerprint density at radius 3 is 2.71 bits per heavy atom. The van der Waals surface area contributed by atoms with Gasteiger partial charge in [-0.25, -0.2) is 9.59 Å².